The van der Waals surface area contributed by atoms with Gasteiger partial charge in [0.25, 0.3) is 5.91 Å². The van der Waals surface area contributed by atoms with Gasteiger partial charge in [-0.3, -0.25) is 4.79 Å². The van der Waals surface area contributed by atoms with Crippen LogP contribution in [-0.2, 0) is 10.0 Å². The molecule has 0 saturated heterocycles. The number of unbranched alkanes of at least 4 members (excludes halogenated alkanes) is 1. The predicted octanol–water partition coefficient (Wildman–Crippen LogP) is 0.829. The van der Waals surface area contributed by atoms with Gasteiger partial charge < -0.3 is 10.0 Å². The maximum atomic E-state index is 12.3. The number of benzene rings is 1. The summed E-state index contributed by atoms with van der Waals surface area (Å²) in [5.41, 5.74) is 0.412. The van der Waals surface area contributed by atoms with E-state index in [9.17, 15) is 13.2 Å². The van der Waals surface area contributed by atoms with Gasteiger partial charge in [0.05, 0.1) is 11.5 Å². The highest BCUT2D eigenvalue weighted by atomic mass is 32.2. The van der Waals surface area contributed by atoms with Crippen molar-refractivity contribution in [1.82, 2.24) is 9.62 Å². The molecule has 1 amide bonds. The molecule has 1 rings (SSSR count). The zero-order chi connectivity index (χ0) is 15.9. The maximum absolute atomic E-state index is 12.3. The number of hydrogen-bond acceptors (Lipinski definition) is 4. The average Bonchev–Trinajstić information content (AvgIpc) is 2.51. The third-order valence-corrected chi connectivity index (χ3v) is 4.55. The zero-order valence-corrected chi connectivity index (χ0v) is 13.2. The fourth-order valence-electron chi connectivity index (χ4n) is 1.86. The van der Waals surface area contributed by atoms with Crippen LogP contribution in [0.4, 0.5) is 0 Å². The van der Waals surface area contributed by atoms with Crippen molar-refractivity contribution in [2.24, 2.45) is 0 Å². The topological polar surface area (TPSA) is 86.7 Å². The SMILES string of the molecule is CCCCN(CCO)C(=O)c1ccc(S(=O)(=O)NC)cc1. The first-order valence-corrected chi connectivity index (χ1v) is 8.38. The molecule has 118 valence electrons. The minimum atomic E-state index is -3.50. The number of carbonyl (C=O) groups excluding carboxylic acids is 1. The fraction of sp³-hybridized carbons (Fsp3) is 0.500. The number of aliphatic hydroxyl groups excluding tert-OH is 1. The van der Waals surface area contributed by atoms with Crippen LogP contribution < -0.4 is 4.72 Å². The highest BCUT2D eigenvalue weighted by molar-refractivity contribution is 7.89. The molecule has 2 N–H and O–H groups in total. The number of carbonyl (C=O) groups is 1. The molecule has 0 aliphatic rings. The number of amides is 1. The minimum Gasteiger partial charge on any atom is -0.395 e. The predicted molar refractivity (Wildman–Crippen MR) is 80.6 cm³/mol. The minimum absolute atomic E-state index is 0.0956. The van der Waals surface area contributed by atoms with E-state index in [1.165, 1.54) is 31.3 Å². The van der Waals surface area contributed by atoms with Gasteiger partial charge in [0.15, 0.2) is 0 Å². The Labute approximate surface area is 125 Å². The zero-order valence-electron chi connectivity index (χ0n) is 12.4. The molecule has 0 aromatic heterocycles. The van der Waals surface area contributed by atoms with Crippen LogP contribution in [0, 0.1) is 0 Å². The molecule has 0 aliphatic heterocycles. The van der Waals surface area contributed by atoms with Crippen LogP contribution in [-0.4, -0.2) is 51.1 Å². The van der Waals surface area contributed by atoms with Gasteiger partial charge >= 0.3 is 0 Å². The lowest BCUT2D eigenvalue weighted by molar-refractivity contribution is 0.0719. The van der Waals surface area contributed by atoms with Crippen LogP contribution in [0.5, 0.6) is 0 Å². The van der Waals surface area contributed by atoms with Crippen LogP contribution in [0.3, 0.4) is 0 Å². The summed E-state index contributed by atoms with van der Waals surface area (Å²) in [6, 6.07) is 5.78. The van der Waals surface area contributed by atoms with Crippen molar-refractivity contribution in [1.29, 1.82) is 0 Å². The van der Waals surface area contributed by atoms with Crippen LogP contribution in [0.2, 0.25) is 0 Å². The average molecular weight is 314 g/mol. The summed E-state index contributed by atoms with van der Waals surface area (Å²) in [7, 11) is -2.16. The standard InChI is InChI=1S/C14H22N2O4S/c1-3-4-9-16(10-11-17)14(18)12-5-7-13(8-6-12)21(19,20)15-2/h5-8,15,17H,3-4,9-11H2,1-2H3. The Morgan fingerprint density at radius 1 is 1.24 bits per heavy atom. The number of nitrogens with zero attached hydrogens (tertiary/aromatic N) is 1. The molecule has 0 fully saturated rings. The number of sulfonamides is 1. The Balaban J connectivity index is 2.91. The van der Waals surface area contributed by atoms with Gasteiger partial charge in [-0.15, -0.1) is 0 Å². The lowest BCUT2D eigenvalue weighted by Gasteiger charge is -2.21. The van der Waals surface area contributed by atoms with E-state index in [4.69, 9.17) is 5.11 Å². The van der Waals surface area contributed by atoms with Gasteiger partial charge in [-0.1, -0.05) is 13.3 Å². The quantitative estimate of drug-likeness (QED) is 0.744. The first kappa shape index (κ1) is 17.6. The summed E-state index contributed by atoms with van der Waals surface area (Å²) < 4.78 is 25.5. The molecular weight excluding hydrogens is 292 g/mol. The number of rotatable bonds is 8. The van der Waals surface area contributed by atoms with Crippen LogP contribution >= 0.6 is 0 Å². The molecule has 6 nitrogen and oxygen atoms in total. The maximum Gasteiger partial charge on any atom is 0.253 e. The summed E-state index contributed by atoms with van der Waals surface area (Å²) >= 11 is 0. The van der Waals surface area contributed by atoms with Gasteiger partial charge in [-0.2, -0.15) is 0 Å². The van der Waals surface area contributed by atoms with Crippen LogP contribution in [0.15, 0.2) is 29.2 Å². The second-order valence-electron chi connectivity index (χ2n) is 4.60. The fourth-order valence-corrected chi connectivity index (χ4v) is 2.59. The summed E-state index contributed by atoms with van der Waals surface area (Å²) in [4.78, 5) is 14.0. The summed E-state index contributed by atoms with van der Waals surface area (Å²) in [5, 5.41) is 9.03. The normalized spacial score (nSPS) is 11.4. The lowest BCUT2D eigenvalue weighted by Crippen LogP contribution is -2.34. The number of nitrogens with one attached hydrogen (secondary N) is 1. The van der Waals surface area contributed by atoms with E-state index in [-0.39, 0.29) is 24.0 Å². The van der Waals surface area contributed by atoms with Crippen molar-refractivity contribution in [2.75, 3.05) is 26.7 Å². The third kappa shape index (κ3) is 4.80. The first-order chi connectivity index (χ1) is 9.96. The molecule has 1 aromatic carbocycles. The molecule has 7 heteroatoms. The van der Waals surface area contributed by atoms with Gasteiger partial charge in [0.1, 0.15) is 0 Å². The Kier molecular flexibility index (Phi) is 6.80. The van der Waals surface area contributed by atoms with Crippen molar-refractivity contribution < 1.29 is 18.3 Å². The molecule has 21 heavy (non-hydrogen) atoms. The second-order valence-corrected chi connectivity index (χ2v) is 6.49. The van der Waals surface area contributed by atoms with E-state index in [0.29, 0.717) is 12.1 Å². The van der Waals surface area contributed by atoms with E-state index in [0.717, 1.165) is 12.8 Å². The Bertz CT molecular complexity index is 555. The van der Waals surface area contributed by atoms with Gasteiger partial charge in [-0.25, -0.2) is 13.1 Å². The molecule has 0 saturated carbocycles. The van der Waals surface area contributed by atoms with Gasteiger partial charge in [-0.05, 0) is 37.7 Å². The van der Waals surface area contributed by atoms with Crippen molar-refractivity contribution in [2.45, 2.75) is 24.7 Å². The molecule has 0 spiro atoms. The summed E-state index contributed by atoms with van der Waals surface area (Å²) in [6.07, 6.45) is 1.81. The molecule has 0 heterocycles. The Morgan fingerprint density at radius 3 is 2.33 bits per heavy atom. The highest BCUT2D eigenvalue weighted by Crippen LogP contribution is 2.12. The van der Waals surface area contributed by atoms with Crippen LogP contribution in [0.25, 0.3) is 0 Å². The largest absolute Gasteiger partial charge is 0.395 e. The Morgan fingerprint density at radius 2 is 1.86 bits per heavy atom. The summed E-state index contributed by atoms with van der Waals surface area (Å²) in [5.74, 6) is -0.203. The van der Waals surface area contributed by atoms with Gasteiger partial charge in [0, 0.05) is 18.7 Å². The molecule has 0 bridgehead atoms. The third-order valence-electron chi connectivity index (χ3n) is 3.12. The lowest BCUT2D eigenvalue weighted by atomic mass is 10.2. The van der Waals surface area contributed by atoms with Crippen molar-refractivity contribution in [3.05, 3.63) is 29.8 Å². The molecule has 0 atom stereocenters. The Hall–Kier alpha value is -1.44. The van der Waals surface area contributed by atoms with E-state index in [1.54, 1.807) is 4.90 Å². The van der Waals surface area contributed by atoms with E-state index < -0.39 is 10.0 Å². The molecular formula is C14H22N2O4S. The van der Waals surface area contributed by atoms with E-state index >= 15 is 0 Å². The van der Waals surface area contributed by atoms with Crippen molar-refractivity contribution >= 4 is 15.9 Å². The van der Waals surface area contributed by atoms with Crippen molar-refractivity contribution in [3.8, 4) is 0 Å². The molecule has 0 unspecified atom stereocenters. The first-order valence-electron chi connectivity index (χ1n) is 6.90. The van der Waals surface area contributed by atoms with Crippen LogP contribution in [0.1, 0.15) is 30.1 Å². The number of hydrogen-bond donors (Lipinski definition) is 2. The second kappa shape index (κ2) is 8.11. The van der Waals surface area contributed by atoms with E-state index in [1.807, 2.05) is 6.92 Å². The highest BCUT2D eigenvalue weighted by Gasteiger charge is 2.16. The molecule has 0 aliphatic carbocycles. The monoisotopic (exact) mass is 314 g/mol. The molecule has 1 aromatic rings. The molecule has 0 radical (unpaired) electrons. The smallest absolute Gasteiger partial charge is 0.253 e. The summed E-state index contributed by atoms with van der Waals surface area (Å²) in [6.45, 7) is 2.78. The number of aliphatic hydroxyl groups is 1. The van der Waals surface area contributed by atoms with E-state index in [2.05, 4.69) is 4.72 Å². The van der Waals surface area contributed by atoms with Gasteiger partial charge in [0.2, 0.25) is 10.0 Å². The van der Waals surface area contributed by atoms with Crippen molar-refractivity contribution in [3.63, 3.8) is 0 Å².